The topological polar surface area (TPSA) is 12.0 Å². The van der Waals surface area contributed by atoms with E-state index in [0.717, 1.165) is 17.7 Å². The van der Waals surface area contributed by atoms with Crippen LogP contribution in [0.4, 0.5) is 18.9 Å². The highest BCUT2D eigenvalue weighted by Gasteiger charge is 2.10. The second-order valence-electron chi connectivity index (χ2n) is 4.56. The van der Waals surface area contributed by atoms with Gasteiger partial charge in [-0.25, -0.2) is 4.39 Å². The van der Waals surface area contributed by atoms with E-state index in [1.54, 1.807) is 30.3 Å². The molecule has 0 saturated heterocycles. The Hall–Kier alpha value is -1.62. The minimum atomic E-state index is -2.42. The third-order valence-corrected chi connectivity index (χ3v) is 3.80. The van der Waals surface area contributed by atoms with Gasteiger partial charge in [-0.3, -0.25) is 0 Å². The summed E-state index contributed by atoms with van der Waals surface area (Å²) in [6.45, 7) is 2.00. The number of thioether (sulfide) groups is 1. The predicted molar refractivity (Wildman–Crippen MR) is 81.4 cm³/mol. The maximum absolute atomic E-state index is 13.3. The van der Waals surface area contributed by atoms with Gasteiger partial charge < -0.3 is 5.32 Å². The summed E-state index contributed by atoms with van der Waals surface area (Å²) in [7, 11) is 0. The second-order valence-corrected chi connectivity index (χ2v) is 5.63. The quantitative estimate of drug-likeness (QED) is 0.686. The Balaban J connectivity index is 2.08. The van der Waals surface area contributed by atoms with Crippen LogP contribution in [0, 0.1) is 5.82 Å². The summed E-state index contributed by atoms with van der Waals surface area (Å²) in [5.41, 5.74) is 1.69. The monoisotopic (exact) mass is 311 g/mol. The molecule has 0 aliphatic heterocycles. The number of alkyl halides is 2. The molecule has 0 aromatic heterocycles. The van der Waals surface area contributed by atoms with E-state index < -0.39 is 5.76 Å². The van der Waals surface area contributed by atoms with E-state index in [2.05, 4.69) is 5.32 Å². The first kappa shape index (κ1) is 15.8. The Morgan fingerprint density at radius 2 is 1.81 bits per heavy atom. The lowest BCUT2D eigenvalue weighted by molar-refractivity contribution is 0.252. The van der Waals surface area contributed by atoms with Crippen LogP contribution in [0.1, 0.15) is 24.9 Å². The fourth-order valence-electron chi connectivity index (χ4n) is 2.08. The van der Waals surface area contributed by atoms with Crippen molar-refractivity contribution in [2.75, 3.05) is 5.32 Å². The van der Waals surface area contributed by atoms with Gasteiger partial charge in [0.15, 0.2) is 0 Å². The zero-order valence-corrected chi connectivity index (χ0v) is 12.3. The molecule has 1 nitrogen and oxygen atoms in total. The minimum absolute atomic E-state index is 0.0192. The van der Waals surface area contributed by atoms with Crippen LogP contribution in [0.15, 0.2) is 53.4 Å². The zero-order valence-electron chi connectivity index (χ0n) is 11.5. The van der Waals surface area contributed by atoms with Crippen LogP contribution < -0.4 is 5.32 Å². The van der Waals surface area contributed by atoms with Crippen molar-refractivity contribution in [1.29, 1.82) is 0 Å². The Labute approximate surface area is 126 Å². The van der Waals surface area contributed by atoms with E-state index in [1.165, 1.54) is 12.1 Å². The Morgan fingerprint density at radius 1 is 1.10 bits per heavy atom. The summed E-state index contributed by atoms with van der Waals surface area (Å²) in [6.07, 6.45) is 0.789. The fourth-order valence-corrected chi connectivity index (χ4v) is 2.58. The van der Waals surface area contributed by atoms with Gasteiger partial charge in [-0.2, -0.15) is 8.78 Å². The smallest absolute Gasteiger partial charge is 0.288 e. The van der Waals surface area contributed by atoms with E-state index >= 15 is 0 Å². The molecular weight excluding hydrogens is 295 g/mol. The van der Waals surface area contributed by atoms with Gasteiger partial charge in [0.1, 0.15) is 5.82 Å². The zero-order chi connectivity index (χ0) is 15.2. The molecule has 0 aliphatic rings. The number of benzene rings is 2. The van der Waals surface area contributed by atoms with Gasteiger partial charge in [-0.1, -0.05) is 30.8 Å². The molecule has 0 radical (unpaired) electrons. The maximum atomic E-state index is 13.3. The molecule has 0 heterocycles. The molecule has 0 spiro atoms. The molecule has 0 bridgehead atoms. The third-order valence-electron chi connectivity index (χ3n) is 3.08. The molecule has 1 atom stereocenters. The lowest BCUT2D eigenvalue weighted by Gasteiger charge is -2.19. The first-order valence-corrected chi connectivity index (χ1v) is 7.53. The number of hydrogen-bond acceptors (Lipinski definition) is 2. The number of halogens is 3. The van der Waals surface area contributed by atoms with Crippen LogP contribution in [0.2, 0.25) is 0 Å². The molecule has 0 saturated carbocycles. The molecule has 5 heteroatoms. The van der Waals surface area contributed by atoms with Gasteiger partial charge in [0.2, 0.25) is 0 Å². The predicted octanol–water partition coefficient (Wildman–Crippen LogP) is 5.70. The lowest BCUT2D eigenvalue weighted by Crippen LogP contribution is -2.09. The van der Waals surface area contributed by atoms with Crippen LogP contribution >= 0.6 is 11.8 Å². The molecule has 0 fully saturated rings. The van der Waals surface area contributed by atoms with Crippen molar-refractivity contribution >= 4 is 17.4 Å². The second kappa shape index (κ2) is 7.41. The molecule has 2 rings (SSSR count). The van der Waals surface area contributed by atoms with E-state index in [4.69, 9.17) is 0 Å². The molecule has 2 aromatic carbocycles. The Kier molecular flexibility index (Phi) is 5.56. The summed E-state index contributed by atoms with van der Waals surface area (Å²) in [5, 5.41) is 3.29. The standard InChI is InChI=1S/C16H16F3NS/c1-2-15(11-4-3-5-12(17)10-11)20-13-6-8-14(9-7-13)21-16(18)19/h3-10,15-16,20H,2H2,1H3. The van der Waals surface area contributed by atoms with Gasteiger partial charge in [-0.05, 0) is 48.4 Å². The van der Waals surface area contributed by atoms with Gasteiger partial charge in [0.05, 0.1) is 6.04 Å². The largest absolute Gasteiger partial charge is 0.378 e. The highest BCUT2D eigenvalue weighted by molar-refractivity contribution is 7.99. The molecule has 1 N–H and O–H groups in total. The average molecular weight is 311 g/mol. The summed E-state index contributed by atoms with van der Waals surface area (Å²) in [4.78, 5) is 0.523. The number of rotatable bonds is 6. The van der Waals surface area contributed by atoms with Crippen LogP contribution in [0.25, 0.3) is 0 Å². The van der Waals surface area contributed by atoms with Crippen LogP contribution in [-0.4, -0.2) is 5.76 Å². The third kappa shape index (κ3) is 4.70. The summed E-state index contributed by atoms with van der Waals surface area (Å²) >= 11 is 0.519. The van der Waals surface area contributed by atoms with E-state index in [1.807, 2.05) is 13.0 Å². The number of nitrogens with one attached hydrogen (secondary N) is 1. The van der Waals surface area contributed by atoms with Crippen LogP contribution in [0.3, 0.4) is 0 Å². The fraction of sp³-hybridized carbons (Fsp3) is 0.250. The van der Waals surface area contributed by atoms with E-state index in [-0.39, 0.29) is 11.9 Å². The SMILES string of the molecule is CCC(Nc1ccc(SC(F)F)cc1)c1cccc(F)c1. The van der Waals surface area contributed by atoms with Crippen molar-refractivity contribution in [3.63, 3.8) is 0 Å². The molecular formula is C16H16F3NS. The van der Waals surface area contributed by atoms with Crippen molar-refractivity contribution in [2.45, 2.75) is 30.0 Å². The van der Waals surface area contributed by atoms with Gasteiger partial charge in [0, 0.05) is 10.6 Å². The van der Waals surface area contributed by atoms with Gasteiger partial charge >= 0.3 is 0 Å². The number of anilines is 1. The van der Waals surface area contributed by atoms with Crippen molar-refractivity contribution in [1.82, 2.24) is 0 Å². The van der Waals surface area contributed by atoms with Crippen molar-refractivity contribution in [3.8, 4) is 0 Å². The highest BCUT2D eigenvalue weighted by atomic mass is 32.2. The van der Waals surface area contributed by atoms with E-state index in [0.29, 0.717) is 16.7 Å². The van der Waals surface area contributed by atoms with E-state index in [9.17, 15) is 13.2 Å². The summed E-state index contributed by atoms with van der Waals surface area (Å²) < 4.78 is 37.8. The molecule has 0 amide bonds. The molecule has 0 aliphatic carbocycles. The Morgan fingerprint density at radius 3 is 2.38 bits per heavy atom. The van der Waals surface area contributed by atoms with Gasteiger partial charge in [0.25, 0.3) is 5.76 Å². The molecule has 2 aromatic rings. The lowest BCUT2D eigenvalue weighted by atomic mass is 10.0. The first-order chi connectivity index (χ1) is 10.1. The Bertz CT molecular complexity index is 572. The highest BCUT2D eigenvalue weighted by Crippen LogP contribution is 2.28. The summed E-state index contributed by atoms with van der Waals surface area (Å²) in [5.74, 6) is -2.68. The molecule has 1 unspecified atom stereocenters. The number of hydrogen-bond donors (Lipinski definition) is 1. The van der Waals surface area contributed by atoms with Crippen molar-refractivity contribution < 1.29 is 13.2 Å². The van der Waals surface area contributed by atoms with Crippen LogP contribution in [0.5, 0.6) is 0 Å². The van der Waals surface area contributed by atoms with Crippen LogP contribution in [-0.2, 0) is 0 Å². The van der Waals surface area contributed by atoms with Crippen molar-refractivity contribution in [2.24, 2.45) is 0 Å². The first-order valence-electron chi connectivity index (χ1n) is 6.65. The summed E-state index contributed by atoms with van der Waals surface area (Å²) in [6, 6.07) is 13.3. The normalized spacial score (nSPS) is 12.4. The van der Waals surface area contributed by atoms with Crippen molar-refractivity contribution in [3.05, 3.63) is 59.9 Å². The minimum Gasteiger partial charge on any atom is -0.378 e. The molecule has 21 heavy (non-hydrogen) atoms. The van der Waals surface area contributed by atoms with Gasteiger partial charge in [-0.15, -0.1) is 0 Å². The average Bonchev–Trinajstić information content (AvgIpc) is 2.46. The molecule has 112 valence electrons. The maximum Gasteiger partial charge on any atom is 0.288 e.